The maximum absolute atomic E-state index is 14.9. The molecule has 81 heavy (non-hydrogen) atoms. The third-order valence-corrected chi connectivity index (χ3v) is 16.7. The summed E-state index contributed by atoms with van der Waals surface area (Å²) in [5.41, 5.74) is 25.4. The lowest BCUT2D eigenvalue weighted by atomic mass is 9.98. The van der Waals surface area contributed by atoms with Gasteiger partial charge in [0.15, 0.2) is 0 Å². The van der Waals surface area contributed by atoms with Gasteiger partial charge in [-0.05, 0) is 111 Å². The highest BCUT2D eigenvalue weighted by atomic mass is 33.1. The molecule has 0 unspecified atom stereocenters. The van der Waals surface area contributed by atoms with E-state index in [9.17, 15) is 53.4 Å². The van der Waals surface area contributed by atoms with Crippen LogP contribution in [0.5, 0.6) is 5.75 Å². The SMILES string of the molecule is CC1(C)SSC[C@@H](C(=O)N[C@@H](CCCCN)C(=O)N[C@@H](CCCCN)C(N)=O)NC(=O)[C@H](Cc2ccccc2)NC(=O)[C@H](CO)NC(=O)CNC(=O)[C@H](Cc2ccc3ccccc3c2)NC(=O)[C@@H]1NC(=O)[C@@H](N)Cc1ccc(O)cc1. The highest BCUT2D eigenvalue weighted by Gasteiger charge is 2.41. The molecule has 1 aliphatic heterocycles. The number of amides is 9. The summed E-state index contributed by atoms with van der Waals surface area (Å²) in [5.74, 6) is -7.88. The summed E-state index contributed by atoms with van der Waals surface area (Å²) in [6.07, 6.45) is 1.86. The van der Waals surface area contributed by atoms with Crippen LogP contribution >= 0.6 is 21.6 Å². The highest BCUT2D eigenvalue weighted by molar-refractivity contribution is 8.77. The zero-order valence-corrected chi connectivity index (χ0v) is 47.1. The molecule has 1 heterocycles. The summed E-state index contributed by atoms with van der Waals surface area (Å²) >= 11 is 0. The lowest BCUT2D eigenvalue weighted by Gasteiger charge is -2.35. The van der Waals surface area contributed by atoms with Gasteiger partial charge >= 0.3 is 0 Å². The van der Waals surface area contributed by atoms with Crippen molar-refractivity contribution in [1.82, 2.24) is 42.5 Å². The van der Waals surface area contributed by atoms with E-state index in [-0.39, 0.29) is 50.2 Å². The summed E-state index contributed by atoms with van der Waals surface area (Å²) in [4.78, 5) is 127. The van der Waals surface area contributed by atoms with Crippen LogP contribution in [0.4, 0.5) is 0 Å². The maximum Gasteiger partial charge on any atom is 0.245 e. The van der Waals surface area contributed by atoms with Crippen molar-refractivity contribution in [3.05, 3.63) is 114 Å². The molecule has 438 valence electrons. The van der Waals surface area contributed by atoms with Gasteiger partial charge in [-0.1, -0.05) is 107 Å². The number of rotatable bonds is 22. The number of fused-ring (bicyclic) bond motifs is 1. The number of aliphatic hydroxyl groups is 1. The first-order valence-electron chi connectivity index (χ1n) is 26.8. The summed E-state index contributed by atoms with van der Waals surface area (Å²) in [7, 11) is 2.05. The Labute approximate surface area is 478 Å². The number of aromatic hydroxyl groups is 1. The molecule has 1 fully saturated rings. The second-order valence-electron chi connectivity index (χ2n) is 20.3. The molecule has 0 aliphatic carbocycles. The lowest BCUT2D eigenvalue weighted by Crippen LogP contribution is -2.62. The molecule has 4 aromatic carbocycles. The zero-order valence-electron chi connectivity index (χ0n) is 45.5. The number of primary amides is 1. The molecule has 9 amide bonds. The molecule has 1 aliphatic rings. The van der Waals surface area contributed by atoms with Crippen LogP contribution < -0.4 is 65.5 Å². The molecule has 0 radical (unpaired) electrons. The molecule has 0 spiro atoms. The number of hydrogen-bond donors (Lipinski definition) is 14. The van der Waals surface area contributed by atoms with E-state index in [4.69, 9.17) is 22.9 Å². The number of hydrogen-bond acceptors (Lipinski definition) is 16. The minimum Gasteiger partial charge on any atom is -0.508 e. The molecule has 0 saturated carbocycles. The largest absolute Gasteiger partial charge is 0.508 e. The summed E-state index contributed by atoms with van der Waals surface area (Å²) < 4.78 is -1.35. The first kappa shape index (κ1) is 64.5. The third kappa shape index (κ3) is 20.6. The Morgan fingerprint density at radius 1 is 0.667 bits per heavy atom. The molecule has 0 aromatic heterocycles. The lowest BCUT2D eigenvalue weighted by molar-refractivity contribution is -0.135. The number of phenolic OH excluding ortho intramolecular Hbond substituents is 1. The smallest absolute Gasteiger partial charge is 0.245 e. The van der Waals surface area contributed by atoms with E-state index >= 15 is 0 Å². The minimum absolute atomic E-state index is 0.000107. The maximum atomic E-state index is 14.9. The van der Waals surface area contributed by atoms with Crippen molar-refractivity contribution in [2.45, 2.75) is 125 Å². The van der Waals surface area contributed by atoms with Gasteiger partial charge in [0, 0.05) is 23.3 Å². The van der Waals surface area contributed by atoms with Crippen molar-refractivity contribution in [2.75, 3.05) is 32.0 Å². The van der Waals surface area contributed by atoms with Crippen LogP contribution in [0, 0.1) is 0 Å². The highest BCUT2D eigenvalue weighted by Crippen LogP contribution is 2.39. The van der Waals surface area contributed by atoms with Gasteiger partial charge in [0.25, 0.3) is 0 Å². The molecule has 4 aromatic rings. The third-order valence-electron chi connectivity index (χ3n) is 13.4. The van der Waals surface area contributed by atoms with E-state index in [1.165, 1.54) is 12.1 Å². The Balaban J connectivity index is 1.56. The molecule has 23 nitrogen and oxygen atoms in total. The molecule has 0 bridgehead atoms. The van der Waals surface area contributed by atoms with Gasteiger partial charge in [-0.2, -0.15) is 0 Å². The molecule has 5 rings (SSSR count). The van der Waals surface area contributed by atoms with Gasteiger partial charge < -0.3 is 75.7 Å². The van der Waals surface area contributed by atoms with Gasteiger partial charge in [0.1, 0.15) is 48.0 Å². The number of carbonyl (C=O) groups is 9. The van der Waals surface area contributed by atoms with Crippen molar-refractivity contribution in [3.63, 3.8) is 0 Å². The average Bonchev–Trinajstić information content (AvgIpc) is 3.45. The number of unbranched alkanes of at least 4 members (excludes halogenated alkanes) is 2. The molecule has 8 atom stereocenters. The average molecular weight is 1160 g/mol. The summed E-state index contributed by atoms with van der Waals surface area (Å²) in [6.45, 7) is 2.20. The predicted molar refractivity (Wildman–Crippen MR) is 310 cm³/mol. The predicted octanol–water partition coefficient (Wildman–Crippen LogP) is -0.680. The number of phenols is 1. The Bertz CT molecular complexity index is 2800. The van der Waals surface area contributed by atoms with E-state index in [2.05, 4.69) is 42.5 Å². The van der Waals surface area contributed by atoms with Crippen molar-refractivity contribution in [1.29, 1.82) is 0 Å². The van der Waals surface area contributed by atoms with Gasteiger partial charge in [0.05, 0.1) is 19.2 Å². The van der Waals surface area contributed by atoms with E-state index in [1.807, 2.05) is 36.4 Å². The van der Waals surface area contributed by atoms with Crippen LogP contribution in [0.15, 0.2) is 97.1 Å². The Kier molecular flexibility index (Phi) is 25.7. The number of carbonyl (C=O) groups excluding carboxylic acids is 9. The van der Waals surface area contributed by atoms with Crippen molar-refractivity contribution in [2.24, 2.45) is 22.9 Å². The summed E-state index contributed by atoms with van der Waals surface area (Å²) in [6, 6.07) is 16.5. The van der Waals surface area contributed by atoms with Gasteiger partial charge in [-0.15, -0.1) is 0 Å². The fourth-order valence-electron chi connectivity index (χ4n) is 8.75. The Morgan fingerprint density at radius 3 is 1.91 bits per heavy atom. The van der Waals surface area contributed by atoms with Gasteiger partial charge in [0.2, 0.25) is 53.2 Å². The quantitative estimate of drug-likeness (QED) is 0.0342. The Hall–Kier alpha value is -7.29. The first-order valence-corrected chi connectivity index (χ1v) is 29.1. The topological polar surface area (TPSA) is 394 Å². The van der Waals surface area contributed by atoms with Crippen LogP contribution in [0.25, 0.3) is 10.8 Å². The van der Waals surface area contributed by atoms with Crippen LogP contribution in [-0.2, 0) is 62.4 Å². The number of nitrogens with one attached hydrogen (secondary N) is 8. The monoisotopic (exact) mass is 1160 g/mol. The van der Waals surface area contributed by atoms with E-state index in [0.29, 0.717) is 48.9 Å². The van der Waals surface area contributed by atoms with E-state index in [0.717, 1.165) is 32.4 Å². The van der Waals surface area contributed by atoms with Gasteiger partial charge in [-0.3, -0.25) is 43.2 Å². The minimum atomic E-state index is -1.65. The summed E-state index contributed by atoms with van der Waals surface area (Å²) in [5, 5.41) is 43.2. The molecular formula is C56H76N12O11S2. The molecular weight excluding hydrogens is 1080 g/mol. The number of aliphatic hydroxyl groups excluding tert-OH is 1. The second kappa shape index (κ2) is 32.2. The van der Waals surface area contributed by atoms with Crippen molar-refractivity contribution < 1.29 is 53.4 Å². The molecule has 1 saturated heterocycles. The van der Waals surface area contributed by atoms with Crippen molar-refractivity contribution >= 4 is 85.5 Å². The normalized spacial score (nSPS) is 20.6. The van der Waals surface area contributed by atoms with Crippen LogP contribution in [0.1, 0.15) is 69.1 Å². The fourth-order valence-corrected chi connectivity index (χ4v) is 11.6. The number of nitrogens with two attached hydrogens (primary N) is 4. The number of benzene rings is 4. The first-order chi connectivity index (χ1) is 38.7. The van der Waals surface area contributed by atoms with Crippen molar-refractivity contribution in [3.8, 4) is 5.75 Å². The van der Waals surface area contributed by atoms with Crippen LogP contribution in [-0.4, -0.2) is 148 Å². The van der Waals surface area contributed by atoms with E-state index < -0.39 is 119 Å². The van der Waals surface area contributed by atoms with E-state index in [1.54, 1.807) is 62.4 Å². The second-order valence-corrected chi connectivity index (χ2v) is 23.3. The van der Waals surface area contributed by atoms with Crippen LogP contribution in [0.2, 0.25) is 0 Å². The zero-order chi connectivity index (χ0) is 59.1. The fraction of sp³-hybridized carbons (Fsp3) is 0.446. The molecule has 18 N–H and O–H groups in total. The molecule has 25 heteroatoms. The standard InChI is InChI=1S/C56H76N12O11S2/c1-56(2)47(68-49(73)39(59)27-34-19-22-38(70)23-20-34)55(79)66-42(29-35-18-21-36-14-6-7-15-37(36)26-35)50(74)61-30-46(71)62-44(31-69)53(77)65-43(28-33-12-4-3-5-13-33)52(76)67-45(32-80-81-56)54(78)64-41(17-9-11-25-58)51(75)63-40(48(60)72)16-8-10-24-57/h3-7,12-15,18-23,26,39-45,47,69-70H,8-11,16-17,24-25,27-32,57-59H2,1-2H3,(H2,60,72)(H,61,74)(H,62,71)(H,63,75)(H,64,78)(H,65,77)(H,66,79)(H,67,76)(H,68,73)/t39-,40-,41-,42-,43-,44-,45-,47-/m0/s1. The Morgan fingerprint density at radius 2 is 1.26 bits per heavy atom. The van der Waals surface area contributed by atoms with Crippen LogP contribution in [0.3, 0.4) is 0 Å². The van der Waals surface area contributed by atoms with Gasteiger partial charge in [-0.25, -0.2) is 0 Å².